The van der Waals surface area contributed by atoms with E-state index in [2.05, 4.69) is 15.6 Å². The summed E-state index contributed by atoms with van der Waals surface area (Å²) in [5.74, 6) is -2.41. The Morgan fingerprint density at radius 3 is 2.70 bits per heavy atom. The number of nitrogens with one attached hydrogen (secondary N) is 1. The molecule has 0 aliphatic carbocycles. The van der Waals surface area contributed by atoms with Crippen molar-refractivity contribution in [3.8, 4) is 0 Å². The number of esters is 2. The van der Waals surface area contributed by atoms with E-state index < -0.39 is 17.9 Å². The second kappa shape index (κ2) is 9.31. The number of methoxy groups -OCH3 is 1. The molecule has 1 aromatic carbocycles. The number of carbonyl (C=O) groups excluding carboxylic acids is 3. The quantitative estimate of drug-likeness (QED) is 0.383. The molecule has 1 N–H and O–H groups in total. The lowest BCUT2D eigenvalue weighted by Gasteiger charge is -2.29. The van der Waals surface area contributed by atoms with Gasteiger partial charge in [0.15, 0.2) is 6.29 Å². The van der Waals surface area contributed by atoms with Crippen LogP contribution < -0.4 is 5.32 Å². The van der Waals surface area contributed by atoms with E-state index in [4.69, 9.17) is 18.8 Å². The van der Waals surface area contributed by atoms with E-state index in [1.165, 1.54) is 7.11 Å². The van der Waals surface area contributed by atoms with Crippen LogP contribution in [0.1, 0.15) is 25.3 Å². The highest BCUT2D eigenvalue weighted by Gasteiger charge is 2.40. The molecule has 0 bridgehead atoms. The van der Waals surface area contributed by atoms with Crippen LogP contribution in [0.15, 0.2) is 45.4 Å². The molecule has 0 spiro atoms. The van der Waals surface area contributed by atoms with Crippen LogP contribution in [0.5, 0.6) is 0 Å². The lowest BCUT2D eigenvalue weighted by Crippen LogP contribution is -2.34. The third-order valence-electron chi connectivity index (χ3n) is 4.63. The van der Waals surface area contributed by atoms with E-state index in [1.54, 1.807) is 25.1 Å². The first kappa shape index (κ1) is 21.2. The van der Waals surface area contributed by atoms with Crippen molar-refractivity contribution in [2.75, 3.05) is 26.9 Å². The molecule has 1 aliphatic heterocycles. The number of allylic oxidation sites excluding steroid dienone is 2. The van der Waals surface area contributed by atoms with Crippen molar-refractivity contribution in [3.05, 3.63) is 46.3 Å². The zero-order valence-electron chi connectivity index (χ0n) is 16.8. The predicted octanol–water partition coefficient (Wildman–Crippen LogP) is 1.39. The second-order valence-corrected chi connectivity index (χ2v) is 6.35. The van der Waals surface area contributed by atoms with Gasteiger partial charge in [-0.1, -0.05) is 12.1 Å². The number of ether oxygens (including phenoxy) is 3. The molecule has 0 radical (unpaired) electrons. The third kappa shape index (κ3) is 3.94. The van der Waals surface area contributed by atoms with Crippen molar-refractivity contribution in [3.63, 3.8) is 0 Å². The fourth-order valence-corrected chi connectivity index (χ4v) is 3.34. The average molecular weight is 415 g/mol. The summed E-state index contributed by atoms with van der Waals surface area (Å²) in [7, 11) is 1.23. The number of nitrogens with zero attached hydrogens (tertiary/aromatic N) is 2. The molecule has 0 fully saturated rings. The van der Waals surface area contributed by atoms with Gasteiger partial charge in [-0.3, -0.25) is 4.79 Å². The molecular weight excluding hydrogens is 394 g/mol. The molecule has 10 heteroatoms. The molecule has 1 aromatic heterocycles. The first-order valence-electron chi connectivity index (χ1n) is 9.24. The van der Waals surface area contributed by atoms with Gasteiger partial charge in [0.05, 0.1) is 36.5 Å². The summed E-state index contributed by atoms with van der Waals surface area (Å²) in [5.41, 5.74) is 1.70. The Morgan fingerprint density at radius 2 is 2.00 bits per heavy atom. The topological polar surface area (TPSA) is 130 Å². The molecule has 2 heterocycles. The molecule has 0 saturated heterocycles. The number of rotatable bonds is 8. The van der Waals surface area contributed by atoms with Crippen molar-refractivity contribution in [1.29, 1.82) is 0 Å². The molecule has 1 unspecified atom stereocenters. The summed E-state index contributed by atoms with van der Waals surface area (Å²) in [6.45, 7) is 4.09. The van der Waals surface area contributed by atoms with E-state index in [-0.39, 0.29) is 30.1 Å². The number of dihydropyridines is 1. The smallest absolute Gasteiger partial charge is 0.337 e. The van der Waals surface area contributed by atoms with Gasteiger partial charge in [0.2, 0.25) is 0 Å². The highest BCUT2D eigenvalue weighted by atomic mass is 16.6. The van der Waals surface area contributed by atoms with Crippen molar-refractivity contribution in [2.24, 2.45) is 0 Å². The van der Waals surface area contributed by atoms with Crippen LogP contribution in [0, 0.1) is 0 Å². The van der Waals surface area contributed by atoms with Gasteiger partial charge in [-0.25, -0.2) is 14.2 Å². The van der Waals surface area contributed by atoms with Crippen molar-refractivity contribution in [2.45, 2.75) is 19.8 Å². The maximum absolute atomic E-state index is 13.0. The first-order valence-corrected chi connectivity index (χ1v) is 9.24. The molecule has 10 nitrogen and oxygen atoms in total. The lowest BCUT2D eigenvalue weighted by atomic mass is 9.80. The third-order valence-corrected chi connectivity index (χ3v) is 4.63. The minimum absolute atomic E-state index is 0.0129. The summed E-state index contributed by atoms with van der Waals surface area (Å²) in [4.78, 5) is 37.4. The number of carbonyl (C=O) groups is 3. The molecule has 30 heavy (non-hydrogen) atoms. The molecule has 1 atom stereocenters. The minimum Gasteiger partial charge on any atom is -0.466 e. The minimum atomic E-state index is -0.978. The van der Waals surface area contributed by atoms with Crippen LogP contribution in [-0.2, 0) is 28.6 Å². The van der Waals surface area contributed by atoms with E-state index in [0.29, 0.717) is 35.2 Å². The fraction of sp³-hybridized carbons (Fsp3) is 0.350. The van der Waals surface area contributed by atoms with Gasteiger partial charge in [-0.15, -0.1) is 0 Å². The number of hydrogen-bond acceptors (Lipinski definition) is 10. The van der Waals surface area contributed by atoms with Crippen molar-refractivity contribution < 1.29 is 33.2 Å². The van der Waals surface area contributed by atoms with E-state index >= 15 is 0 Å². The van der Waals surface area contributed by atoms with Gasteiger partial charge in [0.25, 0.3) is 0 Å². The van der Waals surface area contributed by atoms with E-state index in [0.717, 1.165) is 0 Å². The Labute approximate surface area is 171 Å². The SMILES string of the molecule is CCOCCOC(=O)C1=C(C=O)NC(C)=C(C(=O)OC)C1c1cccc2nonc12. The van der Waals surface area contributed by atoms with Crippen LogP contribution >= 0.6 is 0 Å². The largest absolute Gasteiger partial charge is 0.466 e. The zero-order chi connectivity index (χ0) is 21.7. The maximum Gasteiger partial charge on any atom is 0.337 e. The molecule has 158 valence electrons. The molecule has 0 amide bonds. The highest BCUT2D eigenvalue weighted by molar-refractivity contribution is 6.04. The van der Waals surface area contributed by atoms with Crippen molar-refractivity contribution >= 4 is 29.3 Å². The summed E-state index contributed by atoms with van der Waals surface area (Å²) < 4.78 is 20.2. The number of hydrogen-bond donors (Lipinski definition) is 1. The summed E-state index contributed by atoms with van der Waals surface area (Å²) >= 11 is 0. The van der Waals surface area contributed by atoms with Gasteiger partial charge in [0, 0.05) is 12.3 Å². The predicted molar refractivity (Wildman–Crippen MR) is 103 cm³/mol. The van der Waals surface area contributed by atoms with Gasteiger partial charge < -0.3 is 19.5 Å². The van der Waals surface area contributed by atoms with Crippen molar-refractivity contribution in [1.82, 2.24) is 15.6 Å². The van der Waals surface area contributed by atoms with Gasteiger partial charge in [0.1, 0.15) is 17.6 Å². The number of benzene rings is 1. The van der Waals surface area contributed by atoms with Crippen LogP contribution in [-0.4, -0.2) is 55.5 Å². The van der Waals surface area contributed by atoms with Gasteiger partial charge in [-0.05, 0) is 35.8 Å². The zero-order valence-corrected chi connectivity index (χ0v) is 16.8. The Kier molecular flexibility index (Phi) is 6.58. The summed E-state index contributed by atoms with van der Waals surface area (Å²) in [5, 5.41) is 10.5. The van der Waals surface area contributed by atoms with E-state index in [9.17, 15) is 14.4 Å². The van der Waals surface area contributed by atoms with Crippen LogP contribution in [0.25, 0.3) is 11.0 Å². The number of fused-ring (bicyclic) bond motifs is 1. The van der Waals surface area contributed by atoms with Crippen LogP contribution in [0.2, 0.25) is 0 Å². The summed E-state index contributed by atoms with van der Waals surface area (Å²) in [6, 6.07) is 5.04. The normalized spacial score (nSPS) is 16.4. The molecular formula is C20H21N3O7. The summed E-state index contributed by atoms with van der Waals surface area (Å²) in [6.07, 6.45) is 0.505. The lowest BCUT2D eigenvalue weighted by molar-refractivity contribution is -0.141. The average Bonchev–Trinajstić information content (AvgIpc) is 3.24. The second-order valence-electron chi connectivity index (χ2n) is 6.35. The molecule has 3 rings (SSSR count). The Balaban J connectivity index is 2.15. The highest BCUT2D eigenvalue weighted by Crippen LogP contribution is 2.40. The van der Waals surface area contributed by atoms with Gasteiger partial charge in [-0.2, -0.15) is 0 Å². The molecule has 1 aliphatic rings. The Morgan fingerprint density at radius 1 is 1.20 bits per heavy atom. The number of aldehydes is 1. The maximum atomic E-state index is 13.0. The standard InChI is InChI=1S/C20H21N3O7/c1-4-28-8-9-29-20(26)17-14(10-24)21-11(2)15(19(25)27-3)16(17)12-6-5-7-13-18(12)23-30-22-13/h5-7,10,16,21H,4,8-9H2,1-3H3. The number of aromatic nitrogens is 2. The van der Waals surface area contributed by atoms with Crippen LogP contribution in [0.4, 0.5) is 0 Å². The molecule has 0 saturated carbocycles. The Bertz CT molecular complexity index is 1040. The fourth-order valence-electron chi connectivity index (χ4n) is 3.34. The van der Waals surface area contributed by atoms with E-state index in [1.807, 2.05) is 6.92 Å². The Hall–Kier alpha value is -3.53. The van der Waals surface area contributed by atoms with Gasteiger partial charge >= 0.3 is 11.9 Å². The monoisotopic (exact) mass is 415 g/mol. The first-order chi connectivity index (χ1) is 14.5. The van der Waals surface area contributed by atoms with Crippen LogP contribution in [0.3, 0.4) is 0 Å². The molecule has 2 aromatic rings.